The van der Waals surface area contributed by atoms with E-state index in [-0.39, 0.29) is 11.8 Å². The smallest absolute Gasteiger partial charge is 0.241 e. The molecule has 0 bridgehead atoms. The fourth-order valence-electron chi connectivity index (χ4n) is 4.33. The average Bonchev–Trinajstić information content (AvgIpc) is 3.35. The van der Waals surface area contributed by atoms with Gasteiger partial charge in [-0.05, 0) is 50.3 Å². The van der Waals surface area contributed by atoms with Crippen LogP contribution in [0, 0.1) is 5.92 Å². The monoisotopic (exact) mass is 462 g/mol. The van der Waals surface area contributed by atoms with E-state index < -0.39 is 0 Å². The van der Waals surface area contributed by atoms with Gasteiger partial charge in [0.1, 0.15) is 5.75 Å². The van der Waals surface area contributed by atoms with Crippen LogP contribution in [0.5, 0.6) is 5.75 Å². The van der Waals surface area contributed by atoms with Gasteiger partial charge >= 0.3 is 0 Å². The van der Waals surface area contributed by atoms with Crippen molar-refractivity contribution in [3.63, 3.8) is 0 Å². The molecule has 7 nitrogen and oxygen atoms in total. The Labute approximate surface area is 201 Å². The molecular formula is C27H34N4O3. The Bertz CT molecular complexity index is 1040. The number of carbonyl (C=O) groups is 1. The van der Waals surface area contributed by atoms with Crippen LogP contribution in [-0.4, -0.2) is 47.2 Å². The average molecular weight is 463 g/mol. The number of para-hydroxylation sites is 1. The van der Waals surface area contributed by atoms with Crippen LogP contribution in [-0.2, 0) is 17.8 Å². The number of nitrogens with one attached hydrogen (secondary N) is 1. The van der Waals surface area contributed by atoms with E-state index >= 15 is 0 Å². The Hall–Kier alpha value is -3.19. The summed E-state index contributed by atoms with van der Waals surface area (Å²) in [4.78, 5) is 19.6. The van der Waals surface area contributed by atoms with Crippen LogP contribution in [0.2, 0.25) is 0 Å². The molecule has 1 fully saturated rings. The highest BCUT2D eigenvalue weighted by Crippen LogP contribution is 2.21. The molecule has 1 N–H and O–H groups in total. The summed E-state index contributed by atoms with van der Waals surface area (Å²) >= 11 is 0. The van der Waals surface area contributed by atoms with Crippen molar-refractivity contribution in [2.75, 3.05) is 26.2 Å². The highest BCUT2D eigenvalue weighted by molar-refractivity contribution is 5.78. The fourth-order valence-corrected chi connectivity index (χ4v) is 4.33. The lowest BCUT2D eigenvalue weighted by atomic mass is 9.97. The number of hydrogen-bond donors (Lipinski definition) is 1. The van der Waals surface area contributed by atoms with E-state index in [1.54, 1.807) is 0 Å². The van der Waals surface area contributed by atoms with Crippen molar-refractivity contribution >= 4 is 5.91 Å². The Kier molecular flexibility index (Phi) is 8.68. The Morgan fingerprint density at radius 2 is 2.00 bits per heavy atom. The van der Waals surface area contributed by atoms with E-state index in [4.69, 9.17) is 9.26 Å². The minimum atomic E-state index is -0.00885. The summed E-state index contributed by atoms with van der Waals surface area (Å²) < 4.78 is 11.3. The number of ether oxygens (including phenoxy) is 1. The van der Waals surface area contributed by atoms with Crippen LogP contribution in [0.3, 0.4) is 0 Å². The first kappa shape index (κ1) is 24.0. The van der Waals surface area contributed by atoms with Crippen molar-refractivity contribution < 1.29 is 14.1 Å². The summed E-state index contributed by atoms with van der Waals surface area (Å²) in [6.07, 6.45) is 4.66. The van der Waals surface area contributed by atoms with E-state index in [0.29, 0.717) is 31.3 Å². The predicted octanol–water partition coefficient (Wildman–Crippen LogP) is 4.49. The lowest BCUT2D eigenvalue weighted by Gasteiger charge is -2.30. The zero-order valence-corrected chi connectivity index (χ0v) is 19.9. The Morgan fingerprint density at radius 3 is 2.85 bits per heavy atom. The van der Waals surface area contributed by atoms with E-state index in [2.05, 4.69) is 33.3 Å². The van der Waals surface area contributed by atoms with Crippen molar-refractivity contribution in [3.8, 4) is 17.1 Å². The lowest BCUT2D eigenvalue weighted by Crippen LogP contribution is -2.43. The molecule has 2 aromatic carbocycles. The molecule has 0 aliphatic carbocycles. The lowest BCUT2D eigenvalue weighted by molar-refractivity contribution is -0.126. The first-order chi connectivity index (χ1) is 16.7. The van der Waals surface area contributed by atoms with Gasteiger partial charge in [-0.3, -0.25) is 9.69 Å². The summed E-state index contributed by atoms with van der Waals surface area (Å²) in [7, 11) is 0. The number of aryl methyl sites for hydroxylation is 1. The van der Waals surface area contributed by atoms with E-state index in [1.165, 1.54) is 5.56 Å². The summed E-state index contributed by atoms with van der Waals surface area (Å²) in [6, 6.07) is 18.0. The number of rotatable bonds is 11. The molecule has 180 valence electrons. The third kappa shape index (κ3) is 6.67. The third-order valence-corrected chi connectivity index (χ3v) is 6.09. The molecule has 4 rings (SSSR count). The van der Waals surface area contributed by atoms with Gasteiger partial charge in [-0.1, -0.05) is 60.6 Å². The first-order valence-corrected chi connectivity index (χ1v) is 12.3. The summed E-state index contributed by atoms with van der Waals surface area (Å²) in [5.41, 5.74) is 2.14. The maximum absolute atomic E-state index is 12.8. The van der Waals surface area contributed by atoms with Gasteiger partial charge < -0.3 is 14.6 Å². The summed E-state index contributed by atoms with van der Waals surface area (Å²) in [5.74, 6) is 2.27. The van der Waals surface area contributed by atoms with E-state index in [1.807, 2.05) is 48.5 Å². The number of carbonyl (C=O) groups excluding carboxylic acids is 1. The molecule has 0 saturated carbocycles. The summed E-state index contributed by atoms with van der Waals surface area (Å²) in [6.45, 7) is 5.71. The third-order valence-electron chi connectivity index (χ3n) is 6.09. The van der Waals surface area contributed by atoms with Gasteiger partial charge in [-0.25, -0.2) is 0 Å². The highest BCUT2D eigenvalue weighted by atomic mass is 16.5. The van der Waals surface area contributed by atoms with Crippen molar-refractivity contribution in [1.29, 1.82) is 0 Å². The van der Waals surface area contributed by atoms with E-state index in [9.17, 15) is 4.79 Å². The standard InChI is InChI=1S/C27H34N4O3/c1-2-18-33-24-15-7-6-10-21(24)13-8-16-28-27(32)23-14-9-17-31(19-23)20-25-29-26(30-34-25)22-11-4-3-5-12-22/h3-7,10-12,15,23H,2,8-9,13-14,16-20H2,1H3,(H,28,32). The number of aromatic nitrogens is 2. The second-order valence-electron chi connectivity index (χ2n) is 8.80. The van der Waals surface area contributed by atoms with Crippen LogP contribution >= 0.6 is 0 Å². The molecule has 0 spiro atoms. The molecule has 1 unspecified atom stereocenters. The number of nitrogens with zero attached hydrogens (tertiary/aromatic N) is 3. The molecule has 7 heteroatoms. The van der Waals surface area contributed by atoms with Crippen molar-refractivity contribution in [2.24, 2.45) is 5.92 Å². The molecular weight excluding hydrogens is 428 g/mol. The largest absolute Gasteiger partial charge is 0.493 e. The van der Waals surface area contributed by atoms with Gasteiger partial charge in [0.05, 0.1) is 19.1 Å². The molecule has 2 heterocycles. The van der Waals surface area contributed by atoms with Crippen molar-refractivity contribution in [1.82, 2.24) is 20.4 Å². The van der Waals surface area contributed by atoms with Crippen LogP contribution < -0.4 is 10.1 Å². The molecule has 1 aliphatic heterocycles. The second kappa shape index (κ2) is 12.3. The number of amides is 1. The normalized spacial score (nSPS) is 16.3. The molecule has 1 saturated heterocycles. The second-order valence-corrected chi connectivity index (χ2v) is 8.80. The number of benzene rings is 2. The van der Waals surface area contributed by atoms with Gasteiger partial charge in [-0.2, -0.15) is 4.98 Å². The zero-order chi connectivity index (χ0) is 23.6. The molecule has 1 amide bonds. The van der Waals surface area contributed by atoms with E-state index in [0.717, 1.165) is 56.6 Å². The zero-order valence-electron chi connectivity index (χ0n) is 19.9. The Morgan fingerprint density at radius 1 is 1.18 bits per heavy atom. The number of hydrogen-bond acceptors (Lipinski definition) is 6. The van der Waals surface area contributed by atoms with Gasteiger partial charge in [0.25, 0.3) is 0 Å². The van der Waals surface area contributed by atoms with Gasteiger partial charge in [-0.15, -0.1) is 0 Å². The maximum Gasteiger partial charge on any atom is 0.241 e. The molecule has 1 aliphatic rings. The Balaban J connectivity index is 1.21. The van der Waals surface area contributed by atoms with Gasteiger partial charge in [0.15, 0.2) is 0 Å². The first-order valence-electron chi connectivity index (χ1n) is 12.3. The van der Waals surface area contributed by atoms with Gasteiger partial charge in [0.2, 0.25) is 17.6 Å². The highest BCUT2D eigenvalue weighted by Gasteiger charge is 2.26. The minimum Gasteiger partial charge on any atom is -0.493 e. The topological polar surface area (TPSA) is 80.5 Å². The fraction of sp³-hybridized carbons (Fsp3) is 0.444. The molecule has 1 aromatic heterocycles. The van der Waals surface area contributed by atoms with Crippen molar-refractivity contribution in [2.45, 2.75) is 45.6 Å². The predicted molar refractivity (Wildman–Crippen MR) is 131 cm³/mol. The van der Waals surface area contributed by atoms with Crippen LogP contribution in [0.4, 0.5) is 0 Å². The maximum atomic E-state index is 12.8. The summed E-state index contributed by atoms with van der Waals surface area (Å²) in [5, 5.41) is 7.24. The number of likely N-dealkylation sites (tertiary alicyclic amines) is 1. The molecule has 1 atom stereocenters. The van der Waals surface area contributed by atoms with Crippen LogP contribution in [0.15, 0.2) is 59.1 Å². The molecule has 3 aromatic rings. The molecule has 0 radical (unpaired) electrons. The minimum absolute atomic E-state index is 0.00885. The van der Waals surface area contributed by atoms with Crippen LogP contribution in [0.25, 0.3) is 11.4 Å². The quantitative estimate of drug-likeness (QED) is 0.423. The van der Waals surface area contributed by atoms with Gasteiger partial charge in [0, 0.05) is 18.7 Å². The number of piperidine rings is 1. The SMILES string of the molecule is CCCOc1ccccc1CCCNC(=O)C1CCCN(Cc2nc(-c3ccccc3)no2)C1. The van der Waals surface area contributed by atoms with Crippen molar-refractivity contribution in [3.05, 3.63) is 66.1 Å². The molecule has 34 heavy (non-hydrogen) atoms. The van der Waals surface area contributed by atoms with Crippen LogP contribution in [0.1, 0.15) is 44.1 Å².